The van der Waals surface area contributed by atoms with E-state index in [0.29, 0.717) is 12.3 Å². The molecule has 2 aromatic carbocycles. The number of carbonyl (C=O) groups is 2. The number of hydrogen-bond donors (Lipinski definition) is 3. The second-order valence-corrected chi connectivity index (χ2v) is 7.55. The highest BCUT2D eigenvalue weighted by molar-refractivity contribution is 7.92. The third kappa shape index (κ3) is 5.71. The van der Waals surface area contributed by atoms with Gasteiger partial charge in [-0.3, -0.25) is 14.3 Å². The molecule has 2 amide bonds. The van der Waals surface area contributed by atoms with Crippen LogP contribution in [-0.2, 0) is 14.8 Å². The van der Waals surface area contributed by atoms with E-state index in [1.807, 2.05) is 6.92 Å². The lowest BCUT2D eigenvalue weighted by molar-refractivity contribution is -0.120. The fourth-order valence-electron chi connectivity index (χ4n) is 2.33. The Morgan fingerprint density at radius 2 is 1.79 bits per heavy atom. The van der Waals surface area contributed by atoms with Gasteiger partial charge in [-0.1, -0.05) is 25.1 Å². The summed E-state index contributed by atoms with van der Waals surface area (Å²) in [6.45, 7) is 2.26. The topological polar surface area (TPSA) is 114 Å². The Morgan fingerprint density at radius 3 is 2.50 bits per heavy atom. The molecule has 0 aliphatic rings. The molecular weight excluding hydrogens is 382 g/mol. The third-order valence-corrected chi connectivity index (χ3v) is 5.10. The molecule has 0 spiro atoms. The van der Waals surface area contributed by atoms with E-state index < -0.39 is 15.9 Å². The van der Waals surface area contributed by atoms with E-state index in [4.69, 9.17) is 4.74 Å². The maximum Gasteiger partial charge on any atom is 0.262 e. The van der Waals surface area contributed by atoms with Gasteiger partial charge < -0.3 is 15.4 Å². The number of amides is 2. The van der Waals surface area contributed by atoms with Crippen LogP contribution in [0.5, 0.6) is 5.75 Å². The minimum absolute atomic E-state index is 0.0820. The van der Waals surface area contributed by atoms with E-state index in [1.54, 1.807) is 24.3 Å². The maximum absolute atomic E-state index is 12.7. The van der Waals surface area contributed by atoms with E-state index in [-0.39, 0.29) is 28.6 Å². The summed E-state index contributed by atoms with van der Waals surface area (Å²) in [5, 5.41) is 5.11. The Morgan fingerprint density at radius 1 is 1.04 bits per heavy atom. The number of methoxy groups -OCH3 is 1. The third-order valence-electron chi connectivity index (χ3n) is 3.74. The van der Waals surface area contributed by atoms with Crippen LogP contribution in [0.1, 0.15) is 23.7 Å². The summed E-state index contributed by atoms with van der Waals surface area (Å²) in [5.74, 6) is -0.476. The van der Waals surface area contributed by atoms with Crippen LogP contribution in [0.2, 0.25) is 0 Å². The van der Waals surface area contributed by atoms with Crippen molar-refractivity contribution in [2.75, 3.05) is 24.9 Å². The molecule has 0 bridgehead atoms. The number of anilines is 1. The van der Waals surface area contributed by atoms with Crippen molar-refractivity contribution in [2.24, 2.45) is 0 Å². The zero-order chi connectivity index (χ0) is 20.6. The van der Waals surface area contributed by atoms with Crippen molar-refractivity contribution in [3.8, 4) is 5.75 Å². The van der Waals surface area contributed by atoms with Gasteiger partial charge in [0.25, 0.3) is 15.9 Å². The van der Waals surface area contributed by atoms with Crippen molar-refractivity contribution in [3.05, 3.63) is 54.1 Å². The molecule has 2 aromatic rings. The molecule has 0 aliphatic heterocycles. The highest BCUT2D eigenvalue weighted by Gasteiger charge is 2.18. The van der Waals surface area contributed by atoms with E-state index in [0.717, 1.165) is 6.42 Å². The summed E-state index contributed by atoms with van der Waals surface area (Å²) in [6, 6.07) is 12.2. The van der Waals surface area contributed by atoms with Gasteiger partial charge in [0.2, 0.25) is 5.91 Å². The fourth-order valence-corrected chi connectivity index (χ4v) is 3.44. The Balaban J connectivity index is 2.12. The van der Waals surface area contributed by atoms with Crippen LogP contribution in [0.4, 0.5) is 5.69 Å². The van der Waals surface area contributed by atoms with E-state index in [1.165, 1.54) is 31.4 Å². The molecule has 8 nitrogen and oxygen atoms in total. The average Bonchev–Trinajstić information content (AvgIpc) is 2.70. The lowest BCUT2D eigenvalue weighted by Crippen LogP contribution is -2.37. The summed E-state index contributed by atoms with van der Waals surface area (Å²) in [7, 11) is -2.50. The zero-order valence-electron chi connectivity index (χ0n) is 15.7. The summed E-state index contributed by atoms with van der Waals surface area (Å²) in [4.78, 5) is 23.7. The molecule has 0 radical (unpaired) electrons. The molecule has 28 heavy (non-hydrogen) atoms. The zero-order valence-corrected chi connectivity index (χ0v) is 16.5. The number of ether oxygens (including phenoxy) is 1. The van der Waals surface area contributed by atoms with Gasteiger partial charge in [-0.25, -0.2) is 8.42 Å². The molecule has 9 heteroatoms. The van der Waals surface area contributed by atoms with Crippen LogP contribution >= 0.6 is 0 Å². The first-order valence-corrected chi connectivity index (χ1v) is 10.2. The molecule has 0 aromatic heterocycles. The van der Waals surface area contributed by atoms with Gasteiger partial charge in [0.15, 0.2) is 0 Å². The second kappa shape index (κ2) is 9.75. The monoisotopic (exact) mass is 405 g/mol. The molecule has 2 rings (SSSR count). The van der Waals surface area contributed by atoms with E-state index in [2.05, 4.69) is 15.4 Å². The van der Waals surface area contributed by atoms with Crippen molar-refractivity contribution in [1.29, 1.82) is 0 Å². The smallest absolute Gasteiger partial charge is 0.262 e. The largest absolute Gasteiger partial charge is 0.495 e. The minimum atomic E-state index is -3.93. The Hall–Kier alpha value is -3.07. The lowest BCUT2D eigenvalue weighted by Gasteiger charge is -2.12. The molecule has 0 heterocycles. The molecule has 0 unspecified atom stereocenters. The molecule has 150 valence electrons. The summed E-state index contributed by atoms with van der Waals surface area (Å²) >= 11 is 0. The van der Waals surface area contributed by atoms with Gasteiger partial charge in [0, 0.05) is 12.1 Å². The highest BCUT2D eigenvalue weighted by atomic mass is 32.2. The van der Waals surface area contributed by atoms with Gasteiger partial charge in [-0.05, 0) is 36.8 Å². The molecule has 3 N–H and O–H groups in total. The van der Waals surface area contributed by atoms with Crippen LogP contribution in [0.25, 0.3) is 0 Å². The number of benzene rings is 2. The molecule has 0 saturated carbocycles. The second-order valence-electron chi connectivity index (χ2n) is 5.87. The van der Waals surface area contributed by atoms with Gasteiger partial charge in [0.05, 0.1) is 24.2 Å². The van der Waals surface area contributed by atoms with Crippen molar-refractivity contribution in [3.63, 3.8) is 0 Å². The van der Waals surface area contributed by atoms with E-state index in [9.17, 15) is 18.0 Å². The Bertz CT molecular complexity index is 944. The van der Waals surface area contributed by atoms with Gasteiger partial charge in [-0.2, -0.15) is 0 Å². The van der Waals surface area contributed by atoms with E-state index >= 15 is 0 Å². The predicted molar refractivity (Wildman–Crippen MR) is 106 cm³/mol. The number of rotatable bonds is 9. The van der Waals surface area contributed by atoms with Crippen molar-refractivity contribution in [1.82, 2.24) is 10.6 Å². The number of hydrogen-bond acceptors (Lipinski definition) is 5. The van der Waals surface area contributed by atoms with Crippen LogP contribution in [0, 0.1) is 0 Å². The first kappa shape index (κ1) is 21.2. The molecule has 0 atom stereocenters. The van der Waals surface area contributed by atoms with Crippen molar-refractivity contribution >= 4 is 27.5 Å². The van der Waals surface area contributed by atoms with Crippen molar-refractivity contribution < 1.29 is 22.7 Å². The first-order chi connectivity index (χ1) is 13.4. The molecular formula is C19H23N3O5S. The summed E-state index contributed by atoms with van der Waals surface area (Å²) in [6.07, 6.45) is 0.790. The fraction of sp³-hybridized carbons (Fsp3) is 0.263. The van der Waals surface area contributed by atoms with Crippen molar-refractivity contribution in [2.45, 2.75) is 18.2 Å². The number of carbonyl (C=O) groups excluding carboxylic acids is 2. The Kier molecular flexibility index (Phi) is 7.39. The number of para-hydroxylation sites is 2. The average molecular weight is 405 g/mol. The molecule has 0 fully saturated rings. The molecule has 0 aliphatic carbocycles. The minimum Gasteiger partial charge on any atom is -0.495 e. The maximum atomic E-state index is 12.7. The van der Waals surface area contributed by atoms with Gasteiger partial charge >= 0.3 is 0 Å². The number of nitrogens with one attached hydrogen (secondary N) is 3. The quantitative estimate of drug-likeness (QED) is 0.588. The first-order valence-electron chi connectivity index (χ1n) is 8.68. The molecule has 0 saturated heterocycles. The van der Waals surface area contributed by atoms with Gasteiger partial charge in [0.1, 0.15) is 5.75 Å². The summed E-state index contributed by atoms with van der Waals surface area (Å²) < 4.78 is 32.9. The Labute approximate surface area is 164 Å². The normalized spacial score (nSPS) is 10.8. The SMILES string of the molecule is CCCNC(=O)CNC(=O)c1cccc(S(=O)(=O)Nc2ccccc2OC)c1. The van der Waals surface area contributed by atoms with Gasteiger partial charge in [-0.15, -0.1) is 0 Å². The number of sulfonamides is 1. The van der Waals surface area contributed by atoms with Crippen LogP contribution in [-0.4, -0.2) is 40.4 Å². The summed E-state index contributed by atoms with van der Waals surface area (Å²) in [5.41, 5.74) is 0.415. The standard InChI is InChI=1S/C19H23N3O5S/c1-3-11-20-18(23)13-21-19(24)14-7-6-8-15(12-14)28(25,26)22-16-9-4-5-10-17(16)27-2/h4-10,12,22H,3,11,13H2,1-2H3,(H,20,23)(H,21,24). The highest BCUT2D eigenvalue weighted by Crippen LogP contribution is 2.26. The lowest BCUT2D eigenvalue weighted by atomic mass is 10.2. The van der Waals surface area contributed by atoms with Crippen LogP contribution in [0.3, 0.4) is 0 Å². The van der Waals surface area contributed by atoms with Crippen LogP contribution in [0.15, 0.2) is 53.4 Å². The predicted octanol–water partition coefficient (Wildman–Crippen LogP) is 1.75. The van der Waals surface area contributed by atoms with Crippen LogP contribution < -0.4 is 20.1 Å².